The summed E-state index contributed by atoms with van der Waals surface area (Å²) in [5.41, 5.74) is 1.14. The fourth-order valence-electron chi connectivity index (χ4n) is 3.01. The highest BCUT2D eigenvalue weighted by molar-refractivity contribution is 6.30. The molecule has 1 saturated heterocycles. The van der Waals surface area contributed by atoms with Crippen LogP contribution in [0.25, 0.3) is 0 Å². The molecule has 0 aromatic heterocycles. The first-order chi connectivity index (χ1) is 12.4. The number of nitrogens with one attached hydrogen (secondary N) is 1. The van der Waals surface area contributed by atoms with Crippen molar-refractivity contribution in [3.8, 4) is 0 Å². The lowest BCUT2D eigenvalue weighted by atomic mass is 10.1. The van der Waals surface area contributed by atoms with Gasteiger partial charge in [-0.3, -0.25) is 19.7 Å². The lowest BCUT2D eigenvalue weighted by molar-refractivity contribution is -0.385. The molecule has 0 spiro atoms. The number of nitro benzene ring substituents is 1. The van der Waals surface area contributed by atoms with Crippen molar-refractivity contribution in [3.63, 3.8) is 0 Å². The number of hydrogen-bond donors (Lipinski definition) is 1. The van der Waals surface area contributed by atoms with Crippen molar-refractivity contribution >= 4 is 34.8 Å². The monoisotopic (exact) mass is 373 g/mol. The Labute approximate surface area is 154 Å². The van der Waals surface area contributed by atoms with Gasteiger partial charge in [0.2, 0.25) is 5.91 Å². The molecule has 2 aromatic rings. The van der Waals surface area contributed by atoms with Crippen LogP contribution in [0.1, 0.15) is 22.3 Å². The number of anilines is 1. The molecule has 7 nitrogen and oxygen atoms in total. The largest absolute Gasteiger partial charge is 0.347 e. The van der Waals surface area contributed by atoms with E-state index < -0.39 is 10.8 Å². The van der Waals surface area contributed by atoms with E-state index in [4.69, 9.17) is 11.6 Å². The van der Waals surface area contributed by atoms with Crippen LogP contribution in [0.2, 0.25) is 5.02 Å². The van der Waals surface area contributed by atoms with Crippen LogP contribution >= 0.6 is 11.6 Å². The van der Waals surface area contributed by atoms with Gasteiger partial charge in [0.1, 0.15) is 0 Å². The summed E-state index contributed by atoms with van der Waals surface area (Å²) in [7, 11) is 0. The lowest BCUT2D eigenvalue weighted by Gasteiger charge is -2.17. The second-order valence-electron chi connectivity index (χ2n) is 6.06. The number of nitrogens with zero attached hydrogens (tertiary/aromatic N) is 2. The summed E-state index contributed by atoms with van der Waals surface area (Å²) < 4.78 is 0. The Morgan fingerprint density at radius 1 is 1.27 bits per heavy atom. The Morgan fingerprint density at radius 3 is 2.62 bits per heavy atom. The molecule has 1 aliphatic rings. The van der Waals surface area contributed by atoms with Gasteiger partial charge in [0.05, 0.1) is 11.0 Å². The van der Waals surface area contributed by atoms with Gasteiger partial charge in [-0.15, -0.1) is 0 Å². The molecule has 1 atom stereocenters. The molecule has 1 fully saturated rings. The highest BCUT2D eigenvalue weighted by Crippen LogP contribution is 2.25. The van der Waals surface area contributed by atoms with Crippen molar-refractivity contribution in [1.29, 1.82) is 0 Å². The number of rotatable bonds is 4. The van der Waals surface area contributed by atoms with Crippen molar-refractivity contribution in [1.82, 2.24) is 5.32 Å². The maximum atomic E-state index is 12.5. The first-order valence-corrected chi connectivity index (χ1v) is 8.35. The van der Waals surface area contributed by atoms with Gasteiger partial charge in [-0.2, -0.15) is 0 Å². The molecule has 0 unspecified atom stereocenters. The third-order valence-corrected chi connectivity index (χ3v) is 4.60. The summed E-state index contributed by atoms with van der Waals surface area (Å²) in [6.07, 6.45) is 0.169. The summed E-state index contributed by atoms with van der Waals surface area (Å²) in [6.45, 7) is 1.87. The van der Waals surface area contributed by atoms with Gasteiger partial charge >= 0.3 is 0 Å². The summed E-state index contributed by atoms with van der Waals surface area (Å²) in [5, 5.41) is 14.4. The van der Waals surface area contributed by atoms with E-state index in [0.29, 0.717) is 22.8 Å². The molecule has 1 N–H and O–H groups in total. The van der Waals surface area contributed by atoms with Crippen LogP contribution < -0.4 is 10.2 Å². The Kier molecular flexibility index (Phi) is 4.90. The molecular weight excluding hydrogens is 358 g/mol. The highest BCUT2D eigenvalue weighted by atomic mass is 35.5. The van der Waals surface area contributed by atoms with E-state index in [0.717, 1.165) is 0 Å². The van der Waals surface area contributed by atoms with E-state index in [9.17, 15) is 19.7 Å². The van der Waals surface area contributed by atoms with Gasteiger partial charge in [0.15, 0.2) is 0 Å². The fraction of sp³-hybridized carbons (Fsp3) is 0.222. The topological polar surface area (TPSA) is 92.6 Å². The molecular formula is C18H16ClN3O4. The van der Waals surface area contributed by atoms with E-state index in [1.165, 1.54) is 25.1 Å². The van der Waals surface area contributed by atoms with Gasteiger partial charge in [-0.25, -0.2) is 0 Å². The Hall–Kier alpha value is -2.93. The van der Waals surface area contributed by atoms with Gasteiger partial charge in [0.25, 0.3) is 11.6 Å². The Bertz CT molecular complexity index is 883. The molecule has 1 heterocycles. The second kappa shape index (κ2) is 7.13. The van der Waals surface area contributed by atoms with Crippen LogP contribution in [-0.2, 0) is 4.79 Å². The Balaban J connectivity index is 1.73. The van der Waals surface area contributed by atoms with Gasteiger partial charge in [-0.1, -0.05) is 17.7 Å². The molecule has 0 saturated carbocycles. The predicted octanol–water partition coefficient (Wildman–Crippen LogP) is 3.09. The standard InChI is InChI=1S/C18H16ClN3O4/c1-11-15(3-2-4-16(11)22(25)26)18(24)20-13-9-17(23)21(10-13)14-7-5-12(19)6-8-14/h2-8,13H,9-10H2,1H3,(H,20,24)/t13-/m1/s1. The maximum Gasteiger partial charge on any atom is 0.273 e. The summed E-state index contributed by atoms with van der Waals surface area (Å²) >= 11 is 5.86. The first-order valence-electron chi connectivity index (χ1n) is 7.97. The Morgan fingerprint density at radius 2 is 1.96 bits per heavy atom. The average Bonchev–Trinajstić information content (AvgIpc) is 2.95. The molecule has 0 radical (unpaired) electrons. The predicted molar refractivity (Wildman–Crippen MR) is 97.5 cm³/mol. The van der Waals surface area contributed by atoms with Crippen LogP contribution in [0.5, 0.6) is 0 Å². The number of halogens is 1. The smallest absolute Gasteiger partial charge is 0.273 e. The van der Waals surface area contributed by atoms with E-state index in [1.807, 2.05) is 0 Å². The quantitative estimate of drug-likeness (QED) is 0.658. The SMILES string of the molecule is Cc1c(C(=O)N[C@@H]2CC(=O)N(c3ccc(Cl)cc3)C2)cccc1[N+](=O)[O-]. The molecule has 134 valence electrons. The van der Waals surface area contributed by atoms with Crippen molar-refractivity contribution in [2.75, 3.05) is 11.4 Å². The minimum atomic E-state index is -0.520. The van der Waals surface area contributed by atoms with Crippen LogP contribution in [0.3, 0.4) is 0 Å². The molecule has 2 amide bonds. The number of carbonyl (C=O) groups is 2. The molecule has 26 heavy (non-hydrogen) atoms. The van der Waals surface area contributed by atoms with Crippen LogP contribution in [0.15, 0.2) is 42.5 Å². The van der Waals surface area contributed by atoms with Crippen molar-refractivity contribution in [2.24, 2.45) is 0 Å². The molecule has 8 heteroatoms. The summed E-state index contributed by atoms with van der Waals surface area (Å²) in [4.78, 5) is 36.8. The molecule has 2 aromatic carbocycles. The maximum absolute atomic E-state index is 12.5. The average molecular weight is 374 g/mol. The van der Waals surface area contributed by atoms with Crippen LogP contribution in [-0.4, -0.2) is 29.3 Å². The normalized spacial score (nSPS) is 16.6. The van der Waals surface area contributed by atoms with Crippen molar-refractivity contribution in [2.45, 2.75) is 19.4 Å². The van der Waals surface area contributed by atoms with E-state index in [1.54, 1.807) is 29.2 Å². The number of hydrogen-bond acceptors (Lipinski definition) is 4. The third kappa shape index (κ3) is 3.52. The molecule has 0 bridgehead atoms. The van der Waals surface area contributed by atoms with Crippen molar-refractivity contribution < 1.29 is 14.5 Å². The van der Waals surface area contributed by atoms with Crippen LogP contribution in [0, 0.1) is 17.0 Å². The summed E-state index contributed by atoms with van der Waals surface area (Å²) in [6, 6.07) is 10.9. The number of amides is 2. The van der Waals surface area contributed by atoms with Crippen molar-refractivity contribution in [3.05, 3.63) is 68.7 Å². The zero-order valence-corrected chi connectivity index (χ0v) is 14.7. The van der Waals surface area contributed by atoms with Gasteiger partial charge in [-0.05, 0) is 37.3 Å². The van der Waals surface area contributed by atoms with E-state index in [2.05, 4.69) is 5.32 Å². The van der Waals surface area contributed by atoms with E-state index in [-0.39, 0.29) is 29.6 Å². The third-order valence-electron chi connectivity index (χ3n) is 4.35. The highest BCUT2D eigenvalue weighted by Gasteiger charge is 2.32. The molecule has 0 aliphatic carbocycles. The zero-order valence-electron chi connectivity index (χ0n) is 13.9. The first kappa shape index (κ1) is 17.9. The fourth-order valence-corrected chi connectivity index (χ4v) is 3.13. The number of benzene rings is 2. The van der Waals surface area contributed by atoms with Gasteiger partial charge in [0, 0.05) is 40.9 Å². The minimum Gasteiger partial charge on any atom is -0.347 e. The molecule has 1 aliphatic heterocycles. The zero-order chi connectivity index (χ0) is 18.8. The van der Waals surface area contributed by atoms with Gasteiger partial charge < -0.3 is 10.2 Å². The molecule has 3 rings (SSSR count). The second-order valence-corrected chi connectivity index (χ2v) is 6.50. The lowest BCUT2D eigenvalue weighted by Crippen LogP contribution is -2.37. The van der Waals surface area contributed by atoms with Crippen LogP contribution in [0.4, 0.5) is 11.4 Å². The summed E-state index contributed by atoms with van der Waals surface area (Å²) in [5.74, 6) is -0.532. The van der Waals surface area contributed by atoms with E-state index >= 15 is 0 Å². The number of nitro groups is 1. The minimum absolute atomic E-state index is 0.103. The number of carbonyl (C=O) groups excluding carboxylic acids is 2.